The average Bonchev–Trinajstić information content (AvgIpc) is 3.10. The maximum atomic E-state index is 12.4. The summed E-state index contributed by atoms with van der Waals surface area (Å²) in [5.41, 5.74) is 7.94. The zero-order valence-corrected chi connectivity index (χ0v) is 19.3. The van der Waals surface area contributed by atoms with Crippen LogP contribution < -0.4 is 15.5 Å². The molecule has 1 saturated carbocycles. The number of carbonyl (C=O) groups excluding carboxylic acids is 1. The molecule has 1 amide bonds. The summed E-state index contributed by atoms with van der Waals surface area (Å²) in [6, 6.07) is 8.02. The van der Waals surface area contributed by atoms with Gasteiger partial charge in [-0.3, -0.25) is 9.69 Å². The number of halogens is 1. The number of carbonyl (C=O) groups is 1. The lowest BCUT2D eigenvalue weighted by molar-refractivity contribution is -0.127. The summed E-state index contributed by atoms with van der Waals surface area (Å²) >= 11 is 6.09. The van der Waals surface area contributed by atoms with Crippen LogP contribution in [0.2, 0.25) is 5.02 Å². The van der Waals surface area contributed by atoms with Crippen LogP contribution in [0.15, 0.2) is 55.1 Å². The number of nitrogens with two attached hydrogens (primary N) is 1. The van der Waals surface area contributed by atoms with Crippen molar-refractivity contribution in [1.29, 1.82) is 0 Å². The molecule has 0 spiro atoms. The summed E-state index contributed by atoms with van der Waals surface area (Å²) in [5, 5.41) is 0.665. The van der Waals surface area contributed by atoms with Gasteiger partial charge in [0, 0.05) is 29.8 Å². The summed E-state index contributed by atoms with van der Waals surface area (Å²) in [7, 11) is 1.90. The number of nitrogens with zero attached hydrogens (tertiary/aromatic N) is 5. The number of anilines is 4. The molecule has 2 N–H and O–H groups in total. The van der Waals surface area contributed by atoms with Crippen molar-refractivity contribution in [2.45, 2.75) is 51.1 Å². The Kier molecular flexibility index (Phi) is 6.37. The highest BCUT2D eigenvalue weighted by molar-refractivity contribution is 6.30. The molecule has 0 bridgehead atoms. The number of likely N-dealkylation sites (N-methyl/N-ethyl adjacent to an activating group) is 1. The van der Waals surface area contributed by atoms with Gasteiger partial charge in [0.2, 0.25) is 5.91 Å². The number of benzene rings is 1. The molecule has 4 rings (SSSR count). The van der Waals surface area contributed by atoms with Crippen LogP contribution in [0.4, 0.5) is 23.0 Å². The van der Waals surface area contributed by atoms with Crippen LogP contribution in [-0.4, -0.2) is 39.9 Å². The van der Waals surface area contributed by atoms with Gasteiger partial charge in [-0.05, 0) is 62.4 Å². The van der Waals surface area contributed by atoms with E-state index in [0.717, 1.165) is 55.1 Å². The number of amides is 1. The lowest BCUT2D eigenvalue weighted by Gasteiger charge is -2.39. The molecule has 32 heavy (non-hydrogen) atoms. The van der Waals surface area contributed by atoms with Crippen molar-refractivity contribution in [2.75, 3.05) is 22.6 Å². The Morgan fingerprint density at radius 2 is 1.94 bits per heavy atom. The third-order valence-corrected chi connectivity index (χ3v) is 6.58. The molecule has 1 aromatic carbocycles. The first kappa shape index (κ1) is 22.1. The number of aromatic nitrogens is 2. The predicted molar refractivity (Wildman–Crippen MR) is 130 cm³/mol. The highest BCUT2D eigenvalue weighted by atomic mass is 35.5. The highest BCUT2D eigenvalue weighted by Crippen LogP contribution is 2.49. The van der Waals surface area contributed by atoms with Crippen LogP contribution in [0, 0.1) is 0 Å². The summed E-state index contributed by atoms with van der Waals surface area (Å²) in [6.45, 7) is 6.41. The monoisotopic (exact) mass is 452 g/mol. The molecule has 1 fully saturated rings. The van der Waals surface area contributed by atoms with E-state index in [2.05, 4.69) is 21.4 Å². The summed E-state index contributed by atoms with van der Waals surface area (Å²) in [5.74, 6) is 2.06. The zero-order valence-electron chi connectivity index (χ0n) is 18.5. The minimum absolute atomic E-state index is 0.0701. The van der Waals surface area contributed by atoms with E-state index < -0.39 is 0 Å². The van der Waals surface area contributed by atoms with Crippen molar-refractivity contribution in [3.05, 3.63) is 60.2 Å². The molecule has 2 heterocycles. The first-order valence-electron chi connectivity index (χ1n) is 11.0. The summed E-state index contributed by atoms with van der Waals surface area (Å²) < 4.78 is 0. The van der Waals surface area contributed by atoms with Gasteiger partial charge in [0.1, 0.15) is 17.8 Å². The number of allylic oxidation sites excluding steroid dienone is 1. The second-order valence-corrected chi connectivity index (χ2v) is 8.69. The molecule has 0 radical (unpaired) electrons. The van der Waals surface area contributed by atoms with Crippen LogP contribution in [0.5, 0.6) is 0 Å². The second-order valence-electron chi connectivity index (χ2n) is 8.25. The number of nitrogen functional groups attached to an aromatic ring is 1. The molecule has 1 aliphatic heterocycles. The van der Waals surface area contributed by atoms with Crippen molar-refractivity contribution >= 4 is 40.5 Å². The van der Waals surface area contributed by atoms with E-state index in [4.69, 9.17) is 17.3 Å². The topological polar surface area (TPSA) is 78.6 Å². The van der Waals surface area contributed by atoms with Gasteiger partial charge in [-0.25, -0.2) is 9.97 Å². The van der Waals surface area contributed by atoms with Gasteiger partial charge in [-0.2, -0.15) is 0 Å². The van der Waals surface area contributed by atoms with Crippen molar-refractivity contribution < 1.29 is 4.79 Å². The molecule has 168 valence electrons. The Morgan fingerprint density at radius 3 is 2.59 bits per heavy atom. The van der Waals surface area contributed by atoms with Gasteiger partial charge in [0.15, 0.2) is 11.6 Å². The van der Waals surface area contributed by atoms with Gasteiger partial charge < -0.3 is 15.5 Å². The SMILES string of the molecule is C=C1N(c2ccc(Cl)cc2)c2c(N)ncnc2N1C1CCC(N(C)C(=O)/C=C/CC)CC1. The zero-order chi connectivity index (χ0) is 22.8. The van der Waals surface area contributed by atoms with E-state index in [1.807, 2.05) is 54.1 Å². The fraction of sp³-hybridized carbons (Fsp3) is 0.375. The fourth-order valence-corrected chi connectivity index (χ4v) is 4.73. The Hall–Kier alpha value is -3.06. The van der Waals surface area contributed by atoms with Crippen molar-refractivity contribution in [2.24, 2.45) is 0 Å². The van der Waals surface area contributed by atoms with E-state index in [9.17, 15) is 4.79 Å². The minimum Gasteiger partial charge on any atom is -0.382 e. The summed E-state index contributed by atoms with van der Waals surface area (Å²) in [4.78, 5) is 27.2. The number of hydrogen-bond acceptors (Lipinski definition) is 6. The van der Waals surface area contributed by atoms with Crippen molar-refractivity contribution in [3.8, 4) is 0 Å². The van der Waals surface area contributed by atoms with E-state index >= 15 is 0 Å². The first-order chi connectivity index (χ1) is 15.4. The molecule has 0 saturated heterocycles. The molecular formula is C24H29ClN6O. The van der Waals surface area contributed by atoms with Gasteiger partial charge in [0.25, 0.3) is 0 Å². The maximum absolute atomic E-state index is 12.4. The van der Waals surface area contributed by atoms with E-state index in [1.54, 1.807) is 6.08 Å². The quantitative estimate of drug-likeness (QED) is 0.651. The van der Waals surface area contributed by atoms with Gasteiger partial charge in [0.05, 0.1) is 0 Å². The van der Waals surface area contributed by atoms with Crippen molar-refractivity contribution in [3.63, 3.8) is 0 Å². The molecule has 2 aliphatic rings. The van der Waals surface area contributed by atoms with Crippen LogP contribution in [0.25, 0.3) is 0 Å². The Morgan fingerprint density at radius 1 is 1.25 bits per heavy atom. The number of hydrogen-bond donors (Lipinski definition) is 1. The molecule has 8 heteroatoms. The molecule has 0 unspecified atom stereocenters. The van der Waals surface area contributed by atoms with Gasteiger partial charge in [-0.15, -0.1) is 0 Å². The predicted octanol–water partition coefficient (Wildman–Crippen LogP) is 4.88. The lowest BCUT2D eigenvalue weighted by Crippen LogP contribution is -2.44. The summed E-state index contributed by atoms with van der Waals surface area (Å²) in [6.07, 6.45) is 9.64. The molecule has 2 aromatic rings. The smallest absolute Gasteiger partial charge is 0.246 e. The van der Waals surface area contributed by atoms with Crippen LogP contribution in [0.1, 0.15) is 39.0 Å². The Labute approximate surface area is 194 Å². The highest BCUT2D eigenvalue weighted by Gasteiger charge is 2.40. The van der Waals surface area contributed by atoms with E-state index in [0.29, 0.717) is 10.8 Å². The molecular weight excluding hydrogens is 424 g/mol. The lowest BCUT2D eigenvalue weighted by atomic mass is 9.89. The normalized spacial score (nSPS) is 20.7. The molecule has 1 aliphatic carbocycles. The largest absolute Gasteiger partial charge is 0.382 e. The van der Waals surface area contributed by atoms with Crippen LogP contribution in [-0.2, 0) is 4.79 Å². The Balaban J connectivity index is 1.56. The van der Waals surface area contributed by atoms with Crippen molar-refractivity contribution in [1.82, 2.24) is 14.9 Å². The molecule has 1 aromatic heterocycles. The third-order valence-electron chi connectivity index (χ3n) is 6.33. The number of fused-ring (bicyclic) bond motifs is 1. The first-order valence-corrected chi connectivity index (χ1v) is 11.4. The standard InChI is InChI=1S/C24H29ClN6O/c1-4-5-6-21(32)29(3)18-11-13-20(14-12-18)31-16(2)30(19-9-7-17(25)8-10-19)22-23(26)27-15-28-24(22)31/h5-10,15,18,20H,2,4,11-14H2,1,3H3,(H2,26,27,28)/b6-5+. The second kappa shape index (κ2) is 9.20. The Bertz CT molecular complexity index is 1030. The number of rotatable bonds is 5. The van der Waals surface area contributed by atoms with Crippen LogP contribution in [0.3, 0.4) is 0 Å². The average molecular weight is 453 g/mol. The molecule has 0 atom stereocenters. The third kappa shape index (κ3) is 4.05. The van der Waals surface area contributed by atoms with E-state index in [1.165, 1.54) is 6.33 Å². The fourth-order valence-electron chi connectivity index (χ4n) is 4.60. The minimum atomic E-state index is 0.0701. The van der Waals surface area contributed by atoms with Gasteiger partial charge in [-0.1, -0.05) is 31.2 Å². The van der Waals surface area contributed by atoms with E-state index in [-0.39, 0.29) is 18.0 Å². The van der Waals surface area contributed by atoms with Crippen LogP contribution >= 0.6 is 11.6 Å². The molecule has 7 nitrogen and oxygen atoms in total. The maximum Gasteiger partial charge on any atom is 0.246 e. The van der Waals surface area contributed by atoms with Gasteiger partial charge >= 0.3 is 0 Å².